The van der Waals surface area contributed by atoms with Crippen molar-refractivity contribution < 1.29 is 4.79 Å². The summed E-state index contributed by atoms with van der Waals surface area (Å²) in [5.74, 6) is 0.637. The first-order valence-corrected chi connectivity index (χ1v) is 8.33. The summed E-state index contributed by atoms with van der Waals surface area (Å²) in [5, 5.41) is 12.5. The average Bonchev–Trinajstić information content (AvgIpc) is 2.48. The lowest BCUT2D eigenvalue weighted by atomic mass is 9.76. The molecule has 2 rings (SSSR count). The molecule has 4 heteroatoms. The zero-order valence-electron chi connectivity index (χ0n) is 12.4. The third-order valence-electron chi connectivity index (χ3n) is 4.38. The fourth-order valence-corrected chi connectivity index (χ4v) is 3.43. The molecule has 0 saturated heterocycles. The Balaban J connectivity index is 1.96. The highest BCUT2D eigenvalue weighted by molar-refractivity contribution is 9.10. The van der Waals surface area contributed by atoms with Crippen molar-refractivity contribution in [1.29, 1.82) is 5.26 Å². The Morgan fingerprint density at radius 3 is 2.76 bits per heavy atom. The fourth-order valence-electron chi connectivity index (χ4n) is 2.99. The predicted molar refractivity (Wildman–Crippen MR) is 86.6 cm³/mol. The van der Waals surface area contributed by atoms with E-state index in [-0.39, 0.29) is 5.91 Å². The number of hydrogen-bond donors (Lipinski definition) is 1. The van der Waals surface area contributed by atoms with Crippen molar-refractivity contribution in [2.75, 3.05) is 0 Å². The third-order valence-corrected chi connectivity index (χ3v) is 4.88. The Labute approximate surface area is 134 Å². The van der Waals surface area contributed by atoms with Crippen molar-refractivity contribution in [3.63, 3.8) is 0 Å². The van der Waals surface area contributed by atoms with Gasteiger partial charge in [-0.25, -0.2) is 0 Å². The van der Waals surface area contributed by atoms with Crippen LogP contribution >= 0.6 is 15.9 Å². The Morgan fingerprint density at radius 2 is 2.19 bits per heavy atom. The van der Waals surface area contributed by atoms with Crippen LogP contribution in [0.15, 0.2) is 28.7 Å². The summed E-state index contributed by atoms with van der Waals surface area (Å²) in [6.07, 6.45) is 5.08. The van der Waals surface area contributed by atoms with E-state index >= 15 is 0 Å². The molecule has 0 atom stereocenters. The molecular formula is C17H21BrN2O. The smallest absolute Gasteiger partial charge is 0.225 e. The van der Waals surface area contributed by atoms with Gasteiger partial charge in [0.05, 0.1) is 12.5 Å². The lowest BCUT2D eigenvalue weighted by molar-refractivity contribution is -0.122. The molecule has 1 fully saturated rings. The zero-order valence-corrected chi connectivity index (χ0v) is 13.9. The summed E-state index contributed by atoms with van der Waals surface area (Å²) in [4.78, 5) is 12.2. The molecule has 1 amide bonds. The standard InChI is InChI=1S/C17H21BrN2O/c1-2-13-6-8-17(12-19,9-7-13)20-16(21)11-14-4-3-5-15(18)10-14/h3-5,10,13H,2,6-9,11H2,1H3,(H,20,21). The van der Waals surface area contributed by atoms with Gasteiger partial charge in [0.25, 0.3) is 0 Å². The quantitative estimate of drug-likeness (QED) is 0.894. The van der Waals surface area contributed by atoms with Crippen molar-refractivity contribution in [1.82, 2.24) is 5.32 Å². The number of carbonyl (C=O) groups is 1. The molecule has 0 unspecified atom stereocenters. The van der Waals surface area contributed by atoms with E-state index in [1.165, 1.54) is 0 Å². The van der Waals surface area contributed by atoms with Crippen molar-refractivity contribution in [2.45, 2.75) is 51.0 Å². The van der Waals surface area contributed by atoms with Crippen LogP contribution in [0.3, 0.4) is 0 Å². The van der Waals surface area contributed by atoms with Gasteiger partial charge in [-0.05, 0) is 49.3 Å². The van der Waals surface area contributed by atoms with Gasteiger partial charge in [0.2, 0.25) is 5.91 Å². The first kappa shape index (κ1) is 16.0. The molecule has 0 spiro atoms. The maximum atomic E-state index is 12.2. The molecule has 3 nitrogen and oxygen atoms in total. The lowest BCUT2D eigenvalue weighted by Gasteiger charge is -2.35. The van der Waals surface area contributed by atoms with Crippen LogP contribution < -0.4 is 5.32 Å². The third kappa shape index (κ3) is 4.31. The van der Waals surface area contributed by atoms with E-state index in [2.05, 4.69) is 34.2 Å². The van der Waals surface area contributed by atoms with E-state index < -0.39 is 5.54 Å². The topological polar surface area (TPSA) is 52.9 Å². The highest BCUT2D eigenvalue weighted by Gasteiger charge is 2.36. The molecule has 112 valence electrons. The minimum Gasteiger partial charge on any atom is -0.338 e. The zero-order chi connectivity index (χ0) is 15.3. The molecule has 0 aliphatic heterocycles. The van der Waals surface area contributed by atoms with Crippen molar-refractivity contribution in [2.24, 2.45) is 5.92 Å². The van der Waals surface area contributed by atoms with Gasteiger partial charge in [0.15, 0.2) is 0 Å². The number of nitrogens with zero attached hydrogens (tertiary/aromatic N) is 1. The van der Waals surface area contributed by atoms with Gasteiger partial charge >= 0.3 is 0 Å². The Kier molecular flexibility index (Phi) is 5.41. The van der Waals surface area contributed by atoms with Crippen LogP contribution in [0.4, 0.5) is 0 Å². The largest absolute Gasteiger partial charge is 0.338 e. The molecule has 1 N–H and O–H groups in total. The predicted octanol–water partition coefficient (Wildman–Crippen LogP) is 3.97. The first-order valence-electron chi connectivity index (χ1n) is 7.53. The van der Waals surface area contributed by atoms with E-state index in [1.54, 1.807) is 0 Å². The van der Waals surface area contributed by atoms with Gasteiger partial charge in [0.1, 0.15) is 5.54 Å². The summed E-state index contributed by atoms with van der Waals surface area (Å²) < 4.78 is 0.964. The minimum atomic E-state index is -0.658. The van der Waals surface area contributed by atoms with E-state index in [4.69, 9.17) is 0 Å². The molecule has 0 radical (unpaired) electrons. The molecule has 1 aromatic rings. The van der Waals surface area contributed by atoms with Crippen LogP contribution in [0, 0.1) is 17.2 Å². The summed E-state index contributed by atoms with van der Waals surface area (Å²) in [6.45, 7) is 2.19. The van der Waals surface area contributed by atoms with Gasteiger partial charge in [-0.1, -0.05) is 41.4 Å². The van der Waals surface area contributed by atoms with E-state index in [0.29, 0.717) is 12.3 Å². The number of hydrogen-bond acceptors (Lipinski definition) is 2. The molecule has 1 aliphatic rings. The lowest BCUT2D eigenvalue weighted by Crippen LogP contribution is -2.50. The molecule has 0 bridgehead atoms. The summed E-state index contributed by atoms with van der Waals surface area (Å²) in [6, 6.07) is 10.1. The first-order chi connectivity index (χ1) is 10.1. The van der Waals surface area contributed by atoms with E-state index in [0.717, 1.165) is 42.1 Å². The molecule has 0 aromatic heterocycles. The second kappa shape index (κ2) is 7.09. The molecule has 1 saturated carbocycles. The molecule has 21 heavy (non-hydrogen) atoms. The Bertz CT molecular complexity index is 542. The van der Waals surface area contributed by atoms with E-state index in [9.17, 15) is 10.1 Å². The van der Waals surface area contributed by atoms with Gasteiger partial charge in [-0.15, -0.1) is 0 Å². The number of benzene rings is 1. The van der Waals surface area contributed by atoms with Crippen LogP contribution in [-0.4, -0.2) is 11.4 Å². The molecular weight excluding hydrogens is 328 g/mol. The van der Waals surface area contributed by atoms with Gasteiger partial charge in [0, 0.05) is 4.47 Å². The number of amides is 1. The summed E-state index contributed by atoms with van der Waals surface area (Å²) >= 11 is 3.41. The summed E-state index contributed by atoms with van der Waals surface area (Å²) in [5.41, 5.74) is 0.298. The number of carbonyl (C=O) groups excluding carboxylic acids is 1. The van der Waals surface area contributed by atoms with Crippen LogP contribution in [0.2, 0.25) is 0 Å². The number of halogens is 1. The summed E-state index contributed by atoms with van der Waals surface area (Å²) in [7, 11) is 0. The van der Waals surface area contributed by atoms with Gasteiger partial charge < -0.3 is 5.32 Å². The maximum Gasteiger partial charge on any atom is 0.225 e. The molecule has 0 heterocycles. The normalized spacial score (nSPS) is 25.1. The van der Waals surface area contributed by atoms with Gasteiger partial charge in [-0.3, -0.25) is 4.79 Å². The highest BCUT2D eigenvalue weighted by atomic mass is 79.9. The second-order valence-corrected chi connectivity index (χ2v) is 6.82. The second-order valence-electron chi connectivity index (χ2n) is 5.90. The SMILES string of the molecule is CCC1CCC(C#N)(NC(=O)Cc2cccc(Br)c2)CC1. The van der Waals surface area contributed by atoms with Crippen molar-refractivity contribution in [3.05, 3.63) is 34.3 Å². The molecule has 1 aromatic carbocycles. The Morgan fingerprint density at radius 1 is 1.48 bits per heavy atom. The van der Waals surface area contributed by atoms with Crippen LogP contribution in [0.25, 0.3) is 0 Å². The van der Waals surface area contributed by atoms with Crippen LogP contribution in [0.5, 0.6) is 0 Å². The van der Waals surface area contributed by atoms with E-state index in [1.807, 2.05) is 24.3 Å². The van der Waals surface area contributed by atoms with Crippen molar-refractivity contribution in [3.8, 4) is 6.07 Å². The Hall–Kier alpha value is -1.34. The van der Waals surface area contributed by atoms with Gasteiger partial charge in [-0.2, -0.15) is 5.26 Å². The minimum absolute atomic E-state index is 0.0652. The van der Waals surface area contributed by atoms with Crippen LogP contribution in [-0.2, 0) is 11.2 Å². The monoisotopic (exact) mass is 348 g/mol. The number of rotatable bonds is 4. The average molecular weight is 349 g/mol. The van der Waals surface area contributed by atoms with Crippen LogP contribution in [0.1, 0.15) is 44.6 Å². The fraction of sp³-hybridized carbons (Fsp3) is 0.529. The molecule has 1 aliphatic carbocycles. The number of nitriles is 1. The van der Waals surface area contributed by atoms with Crippen molar-refractivity contribution >= 4 is 21.8 Å². The number of nitrogens with one attached hydrogen (secondary N) is 1. The maximum absolute atomic E-state index is 12.2. The highest BCUT2D eigenvalue weighted by Crippen LogP contribution is 2.33.